The first-order valence-electron chi connectivity index (χ1n) is 6.09. The summed E-state index contributed by atoms with van der Waals surface area (Å²) in [5.74, 6) is 0.239. The second-order valence-corrected chi connectivity index (χ2v) is 5.58. The zero-order valence-electron chi connectivity index (χ0n) is 9.58. The zero-order chi connectivity index (χ0) is 11.8. The number of carbonyl (C=O) groups excluding carboxylic acids is 1. The molecule has 90 valence electrons. The molecule has 1 amide bonds. The Morgan fingerprint density at radius 3 is 3.12 bits per heavy atom. The van der Waals surface area contributed by atoms with Gasteiger partial charge in [-0.2, -0.15) is 0 Å². The Hall–Kier alpha value is -0.870. The standard InChI is InChI=1S/C13H15BrN2O/c14-10-3-4-12-9(8-10)5-7-16(12)13(17)11-2-1-6-15-11/h3-4,8,11,15H,1-2,5-7H2. The number of carbonyl (C=O) groups is 1. The molecule has 2 aliphatic rings. The van der Waals surface area contributed by atoms with E-state index in [-0.39, 0.29) is 11.9 Å². The Kier molecular flexibility index (Phi) is 2.92. The maximum Gasteiger partial charge on any atom is 0.244 e. The van der Waals surface area contributed by atoms with Gasteiger partial charge >= 0.3 is 0 Å². The van der Waals surface area contributed by atoms with E-state index in [2.05, 4.69) is 27.3 Å². The number of halogens is 1. The molecule has 1 aromatic rings. The molecule has 0 saturated carbocycles. The molecule has 1 N–H and O–H groups in total. The molecular formula is C13H15BrN2O. The molecule has 0 spiro atoms. The summed E-state index contributed by atoms with van der Waals surface area (Å²) in [4.78, 5) is 14.3. The minimum atomic E-state index is 0.0320. The van der Waals surface area contributed by atoms with Crippen LogP contribution in [0.15, 0.2) is 22.7 Å². The summed E-state index contributed by atoms with van der Waals surface area (Å²) in [5.41, 5.74) is 2.36. The molecule has 3 rings (SSSR count). The lowest BCUT2D eigenvalue weighted by Crippen LogP contribution is -2.42. The van der Waals surface area contributed by atoms with E-state index in [9.17, 15) is 4.79 Å². The van der Waals surface area contributed by atoms with Crippen LogP contribution in [0.5, 0.6) is 0 Å². The van der Waals surface area contributed by atoms with E-state index < -0.39 is 0 Å². The van der Waals surface area contributed by atoms with Crippen molar-refractivity contribution in [1.82, 2.24) is 5.32 Å². The van der Waals surface area contributed by atoms with Gasteiger partial charge in [-0.25, -0.2) is 0 Å². The molecule has 0 aliphatic carbocycles. The van der Waals surface area contributed by atoms with E-state index in [0.29, 0.717) is 0 Å². The first-order valence-corrected chi connectivity index (χ1v) is 6.88. The smallest absolute Gasteiger partial charge is 0.244 e. The van der Waals surface area contributed by atoms with E-state index in [0.717, 1.165) is 42.5 Å². The van der Waals surface area contributed by atoms with Crippen molar-refractivity contribution in [3.63, 3.8) is 0 Å². The minimum Gasteiger partial charge on any atom is -0.310 e. The van der Waals surface area contributed by atoms with Gasteiger partial charge in [-0.15, -0.1) is 0 Å². The predicted octanol–water partition coefficient (Wildman–Crippen LogP) is 2.09. The fourth-order valence-corrected chi connectivity index (χ4v) is 3.09. The number of hydrogen-bond acceptors (Lipinski definition) is 2. The number of nitrogens with one attached hydrogen (secondary N) is 1. The average Bonchev–Trinajstić information content (AvgIpc) is 2.96. The van der Waals surface area contributed by atoms with E-state index >= 15 is 0 Å². The molecule has 2 heterocycles. The number of fused-ring (bicyclic) bond motifs is 1. The van der Waals surface area contributed by atoms with Crippen LogP contribution in [-0.2, 0) is 11.2 Å². The Labute approximate surface area is 109 Å². The summed E-state index contributed by atoms with van der Waals surface area (Å²) in [7, 11) is 0. The summed E-state index contributed by atoms with van der Waals surface area (Å²) in [6, 6.07) is 6.20. The van der Waals surface area contributed by atoms with Crippen molar-refractivity contribution in [3.05, 3.63) is 28.2 Å². The van der Waals surface area contributed by atoms with Crippen molar-refractivity contribution in [2.45, 2.75) is 25.3 Å². The highest BCUT2D eigenvalue weighted by Gasteiger charge is 2.31. The van der Waals surface area contributed by atoms with Gasteiger partial charge in [0.1, 0.15) is 0 Å². The Morgan fingerprint density at radius 1 is 1.47 bits per heavy atom. The lowest BCUT2D eigenvalue weighted by Gasteiger charge is -2.21. The zero-order valence-corrected chi connectivity index (χ0v) is 11.2. The van der Waals surface area contributed by atoms with Crippen LogP contribution in [-0.4, -0.2) is 25.0 Å². The van der Waals surface area contributed by atoms with Crippen molar-refractivity contribution in [1.29, 1.82) is 0 Å². The van der Waals surface area contributed by atoms with Gasteiger partial charge in [-0.05, 0) is 49.6 Å². The van der Waals surface area contributed by atoms with Crippen molar-refractivity contribution < 1.29 is 4.79 Å². The maximum absolute atomic E-state index is 12.3. The Balaban J connectivity index is 1.85. The number of hydrogen-bond donors (Lipinski definition) is 1. The Morgan fingerprint density at radius 2 is 2.35 bits per heavy atom. The fraction of sp³-hybridized carbons (Fsp3) is 0.462. The molecular weight excluding hydrogens is 280 g/mol. The second-order valence-electron chi connectivity index (χ2n) is 4.66. The molecule has 0 radical (unpaired) electrons. The topological polar surface area (TPSA) is 32.3 Å². The normalized spacial score (nSPS) is 22.9. The molecule has 1 unspecified atom stereocenters. The Bertz CT molecular complexity index is 455. The third kappa shape index (κ3) is 2.00. The fourth-order valence-electron chi connectivity index (χ4n) is 2.68. The van der Waals surface area contributed by atoms with E-state index in [4.69, 9.17) is 0 Å². The number of anilines is 1. The van der Waals surface area contributed by atoms with Gasteiger partial charge in [0.25, 0.3) is 0 Å². The predicted molar refractivity (Wildman–Crippen MR) is 71.2 cm³/mol. The average molecular weight is 295 g/mol. The molecule has 1 atom stereocenters. The molecule has 0 bridgehead atoms. The molecule has 2 aliphatic heterocycles. The second kappa shape index (κ2) is 4.42. The largest absolute Gasteiger partial charge is 0.310 e. The van der Waals surface area contributed by atoms with Crippen LogP contribution >= 0.6 is 15.9 Å². The highest BCUT2D eigenvalue weighted by Crippen LogP contribution is 2.31. The first kappa shape index (κ1) is 11.2. The van der Waals surface area contributed by atoms with Gasteiger partial charge in [0, 0.05) is 16.7 Å². The van der Waals surface area contributed by atoms with Gasteiger partial charge in [-0.3, -0.25) is 4.79 Å². The summed E-state index contributed by atoms with van der Waals surface area (Å²) in [6.45, 7) is 1.79. The molecule has 3 nitrogen and oxygen atoms in total. The summed E-state index contributed by atoms with van der Waals surface area (Å²) in [5, 5.41) is 3.27. The van der Waals surface area contributed by atoms with Gasteiger partial charge in [0.05, 0.1) is 6.04 Å². The number of benzene rings is 1. The summed E-state index contributed by atoms with van der Waals surface area (Å²) in [6.07, 6.45) is 3.05. The van der Waals surface area contributed by atoms with E-state index in [1.165, 1.54) is 5.56 Å². The van der Waals surface area contributed by atoms with Crippen LogP contribution < -0.4 is 10.2 Å². The van der Waals surface area contributed by atoms with Gasteiger partial charge in [-0.1, -0.05) is 15.9 Å². The van der Waals surface area contributed by atoms with Crippen molar-refractivity contribution in [2.75, 3.05) is 18.0 Å². The lowest BCUT2D eigenvalue weighted by atomic mass is 10.1. The van der Waals surface area contributed by atoms with Crippen LogP contribution in [0.25, 0.3) is 0 Å². The van der Waals surface area contributed by atoms with Gasteiger partial charge < -0.3 is 10.2 Å². The maximum atomic E-state index is 12.3. The van der Waals surface area contributed by atoms with E-state index in [1.54, 1.807) is 0 Å². The van der Waals surface area contributed by atoms with Gasteiger partial charge in [0.2, 0.25) is 5.91 Å². The molecule has 1 saturated heterocycles. The van der Waals surface area contributed by atoms with Crippen LogP contribution in [0, 0.1) is 0 Å². The van der Waals surface area contributed by atoms with Crippen LogP contribution in [0.1, 0.15) is 18.4 Å². The number of rotatable bonds is 1. The minimum absolute atomic E-state index is 0.0320. The molecule has 0 aromatic heterocycles. The molecule has 1 fully saturated rings. The van der Waals surface area contributed by atoms with Gasteiger partial charge in [0.15, 0.2) is 0 Å². The number of nitrogens with zero attached hydrogens (tertiary/aromatic N) is 1. The third-order valence-corrected chi connectivity index (χ3v) is 4.05. The summed E-state index contributed by atoms with van der Waals surface area (Å²) >= 11 is 3.47. The first-order chi connectivity index (χ1) is 8.25. The van der Waals surface area contributed by atoms with Crippen LogP contribution in [0.4, 0.5) is 5.69 Å². The van der Waals surface area contributed by atoms with Crippen LogP contribution in [0.2, 0.25) is 0 Å². The van der Waals surface area contributed by atoms with Crippen LogP contribution in [0.3, 0.4) is 0 Å². The third-order valence-electron chi connectivity index (χ3n) is 3.56. The van der Waals surface area contributed by atoms with Crippen molar-refractivity contribution >= 4 is 27.5 Å². The highest BCUT2D eigenvalue weighted by atomic mass is 79.9. The van der Waals surface area contributed by atoms with Crippen molar-refractivity contribution in [3.8, 4) is 0 Å². The number of amides is 1. The monoisotopic (exact) mass is 294 g/mol. The summed E-state index contributed by atoms with van der Waals surface area (Å²) < 4.78 is 1.09. The SMILES string of the molecule is O=C(C1CCCN1)N1CCc2cc(Br)ccc21. The molecule has 1 aromatic carbocycles. The quantitative estimate of drug-likeness (QED) is 0.860. The molecule has 17 heavy (non-hydrogen) atoms. The highest BCUT2D eigenvalue weighted by molar-refractivity contribution is 9.10. The van der Waals surface area contributed by atoms with E-state index in [1.807, 2.05) is 17.0 Å². The van der Waals surface area contributed by atoms with Crippen molar-refractivity contribution in [2.24, 2.45) is 0 Å². The molecule has 4 heteroatoms. The lowest BCUT2D eigenvalue weighted by molar-refractivity contribution is -0.120.